The number of phenolic OH excluding ortho intramolecular Hbond substituents is 1. The van der Waals surface area contributed by atoms with Gasteiger partial charge in [0.1, 0.15) is 11.6 Å². The predicted molar refractivity (Wildman–Crippen MR) is 55.2 cm³/mol. The summed E-state index contributed by atoms with van der Waals surface area (Å²) in [6.45, 7) is 1.64. The van der Waals surface area contributed by atoms with E-state index in [1.54, 1.807) is 6.92 Å². The molecule has 0 aliphatic carbocycles. The lowest BCUT2D eigenvalue weighted by Crippen LogP contribution is -2.09. The van der Waals surface area contributed by atoms with Crippen LogP contribution < -0.4 is 5.73 Å². The van der Waals surface area contributed by atoms with Gasteiger partial charge in [-0.1, -0.05) is 0 Å². The number of benzene rings is 1. The van der Waals surface area contributed by atoms with E-state index in [1.165, 1.54) is 6.07 Å². The van der Waals surface area contributed by atoms with Gasteiger partial charge in [0.25, 0.3) is 0 Å². The Morgan fingerprint density at radius 1 is 1.53 bits per heavy atom. The van der Waals surface area contributed by atoms with Crippen LogP contribution in [0.5, 0.6) is 5.75 Å². The van der Waals surface area contributed by atoms with Gasteiger partial charge < -0.3 is 15.9 Å². The van der Waals surface area contributed by atoms with Crippen molar-refractivity contribution in [3.63, 3.8) is 0 Å². The Hall–Kier alpha value is -1.62. The molecule has 0 unspecified atom stereocenters. The lowest BCUT2D eigenvalue weighted by atomic mass is 10.1. The van der Waals surface area contributed by atoms with E-state index in [0.29, 0.717) is 5.84 Å². The highest BCUT2D eigenvalue weighted by Crippen LogP contribution is 2.20. The fraction of sp³-hybridized carbons (Fsp3) is 0.300. The Kier molecular flexibility index (Phi) is 3.62. The number of hydrogen-bond donors (Lipinski definition) is 3. The van der Waals surface area contributed by atoms with Crippen molar-refractivity contribution in [2.24, 2.45) is 10.7 Å². The van der Waals surface area contributed by atoms with Crippen LogP contribution in [0.15, 0.2) is 23.2 Å². The van der Waals surface area contributed by atoms with Crippen molar-refractivity contribution in [1.29, 1.82) is 0 Å². The Bertz CT molecular complexity index is 355. The molecule has 0 radical (unpaired) electrons. The molecule has 4 N–H and O–H groups in total. The van der Waals surface area contributed by atoms with Crippen LogP contribution in [0.2, 0.25) is 0 Å². The Morgan fingerprint density at radius 3 is 2.73 bits per heavy atom. The Morgan fingerprint density at radius 2 is 2.20 bits per heavy atom. The van der Waals surface area contributed by atoms with Crippen molar-refractivity contribution < 1.29 is 14.6 Å². The number of halogens is 1. The molecular weight excluding hydrogens is 198 g/mol. The van der Waals surface area contributed by atoms with E-state index in [-0.39, 0.29) is 17.9 Å². The first-order valence-corrected chi connectivity index (χ1v) is 4.43. The number of aliphatic imine (C=N–C) groups is 1. The summed E-state index contributed by atoms with van der Waals surface area (Å²) in [5.41, 5.74) is 5.57. The highest BCUT2D eigenvalue weighted by atomic mass is 18.2. The summed E-state index contributed by atoms with van der Waals surface area (Å²) in [5, 5.41) is 18.7. The number of phenols is 1. The molecule has 0 aliphatic rings. The predicted octanol–water partition coefficient (Wildman–Crippen LogP) is 0.942. The molecule has 1 rings (SSSR count). The van der Waals surface area contributed by atoms with Crippen molar-refractivity contribution >= 4 is 5.84 Å². The molecule has 0 amide bonds. The second-order valence-electron chi connectivity index (χ2n) is 3.24. The quantitative estimate of drug-likeness (QED) is 0.514. The van der Waals surface area contributed by atoms with E-state index >= 15 is 0 Å². The highest BCUT2D eigenvalue weighted by molar-refractivity contribution is 5.77. The van der Waals surface area contributed by atoms with E-state index in [1.807, 2.05) is 0 Å². The first kappa shape index (κ1) is 11.5. The lowest BCUT2D eigenvalue weighted by molar-refractivity contribution is 0.186. The van der Waals surface area contributed by atoms with Crippen LogP contribution >= 0.6 is 0 Å². The standard InChI is InChI=1S/C10H13FN2O2/c1-6(12)13-5-10(15)7-2-8(11)4-9(14)3-7/h2-4,10,14-15H,5H2,1H3,(H2,12,13)/t10-/m0/s1/i11-1. The minimum absolute atomic E-state index is 0.0469. The second-order valence-corrected chi connectivity index (χ2v) is 3.24. The third-order valence-electron chi connectivity index (χ3n) is 1.80. The summed E-state index contributed by atoms with van der Waals surface area (Å²) in [4.78, 5) is 3.80. The average molecular weight is 211 g/mol. The fourth-order valence-electron chi connectivity index (χ4n) is 1.12. The fourth-order valence-corrected chi connectivity index (χ4v) is 1.12. The van der Waals surface area contributed by atoms with Gasteiger partial charge in [-0.2, -0.15) is 0 Å². The zero-order valence-electron chi connectivity index (χ0n) is 8.31. The summed E-state index contributed by atoms with van der Waals surface area (Å²) >= 11 is 0. The molecule has 0 aromatic heterocycles. The third-order valence-corrected chi connectivity index (χ3v) is 1.80. The average Bonchev–Trinajstić information content (AvgIpc) is 2.12. The molecule has 0 bridgehead atoms. The summed E-state index contributed by atoms with van der Waals surface area (Å²) in [6, 6.07) is 3.40. The molecule has 1 aromatic rings. The van der Waals surface area contributed by atoms with Gasteiger partial charge in [-0.05, 0) is 24.6 Å². The second kappa shape index (κ2) is 4.75. The van der Waals surface area contributed by atoms with Crippen LogP contribution in [0, 0.1) is 5.82 Å². The summed E-state index contributed by atoms with van der Waals surface area (Å²) in [5.74, 6) is -0.482. The van der Waals surface area contributed by atoms with Crippen LogP contribution in [0.3, 0.4) is 0 Å². The molecule has 82 valence electrons. The van der Waals surface area contributed by atoms with Gasteiger partial charge >= 0.3 is 0 Å². The van der Waals surface area contributed by atoms with Gasteiger partial charge in [-0.3, -0.25) is 4.99 Å². The maximum absolute atomic E-state index is 12.9. The van der Waals surface area contributed by atoms with Gasteiger partial charge in [-0.15, -0.1) is 0 Å². The molecule has 0 aliphatic heterocycles. The Balaban J connectivity index is 2.81. The zero-order valence-corrected chi connectivity index (χ0v) is 8.31. The SMILES string of the molecule is CC(N)=NC[C@H](O)c1cc(O)cc([18F])c1. The molecule has 0 heterocycles. The molecule has 1 aromatic carbocycles. The van der Waals surface area contributed by atoms with Gasteiger partial charge in [0.2, 0.25) is 0 Å². The largest absolute Gasteiger partial charge is 0.508 e. The van der Waals surface area contributed by atoms with Crippen molar-refractivity contribution in [2.75, 3.05) is 6.54 Å². The van der Waals surface area contributed by atoms with Crippen LogP contribution in [0.4, 0.5) is 4.39 Å². The van der Waals surface area contributed by atoms with Crippen molar-refractivity contribution in [3.05, 3.63) is 29.6 Å². The topological polar surface area (TPSA) is 78.8 Å². The number of aliphatic hydroxyl groups is 1. The zero-order chi connectivity index (χ0) is 11.4. The lowest BCUT2D eigenvalue weighted by Gasteiger charge is -2.08. The Labute approximate surface area is 86.9 Å². The highest BCUT2D eigenvalue weighted by Gasteiger charge is 2.09. The number of amidine groups is 1. The van der Waals surface area contributed by atoms with Gasteiger partial charge in [0.15, 0.2) is 0 Å². The summed E-state index contributed by atoms with van der Waals surface area (Å²) < 4.78 is 12.9. The van der Waals surface area contributed by atoms with Gasteiger partial charge in [-0.25, -0.2) is 4.39 Å². The number of aromatic hydroxyl groups is 1. The third kappa shape index (κ3) is 3.55. The van der Waals surface area contributed by atoms with E-state index in [9.17, 15) is 9.50 Å². The van der Waals surface area contributed by atoms with Crippen LogP contribution in [0.25, 0.3) is 0 Å². The molecule has 0 spiro atoms. The molecule has 0 saturated heterocycles. The summed E-state index contributed by atoms with van der Waals surface area (Å²) in [7, 11) is 0. The van der Waals surface area contributed by atoms with E-state index < -0.39 is 11.9 Å². The number of aliphatic hydroxyl groups excluding tert-OH is 1. The number of nitrogens with zero attached hydrogens (tertiary/aromatic N) is 1. The minimum atomic E-state index is -0.968. The van der Waals surface area contributed by atoms with Crippen LogP contribution in [0.1, 0.15) is 18.6 Å². The molecule has 15 heavy (non-hydrogen) atoms. The molecule has 4 nitrogen and oxygen atoms in total. The first-order valence-electron chi connectivity index (χ1n) is 4.43. The van der Waals surface area contributed by atoms with Gasteiger partial charge in [0.05, 0.1) is 18.5 Å². The van der Waals surface area contributed by atoms with Crippen LogP contribution in [-0.2, 0) is 0 Å². The monoisotopic (exact) mass is 211 g/mol. The van der Waals surface area contributed by atoms with E-state index in [2.05, 4.69) is 4.99 Å². The first-order chi connectivity index (χ1) is 6.99. The molecule has 0 saturated carbocycles. The van der Waals surface area contributed by atoms with Gasteiger partial charge in [0, 0.05) is 6.07 Å². The molecular formula is C10H13FN2O2. The van der Waals surface area contributed by atoms with E-state index in [4.69, 9.17) is 10.8 Å². The number of nitrogens with two attached hydrogens (primary N) is 1. The molecule has 1 atom stereocenters. The molecule has 0 fully saturated rings. The maximum atomic E-state index is 12.9. The number of hydrogen-bond acceptors (Lipinski definition) is 3. The smallest absolute Gasteiger partial charge is 0.127 e. The normalized spacial score (nSPS) is 13.9. The maximum Gasteiger partial charge on any atom is 0.127 e. The van der Waals surface area contributed by atoms with E-state index in [0.717, 1.165) is 12.1 Å². The summed E-state index contributed by atoms with van der Waals surface area (Å²) in [6.07, 6.45) is -0.968. The van der Waals surface area contributed by atoms with Crippen molar-refractivity contribution in [2.45, 2.75) is 13.0 Å². The molecule has 5 heteroatoms. The van der Waals surface area contributed by atoms with Crippen molar-refractivity contribution in [1.82, 2.24) is 0 Å². The minimum Gasteiger partial charge on any atom is -0.508 e. The number of rotatable bonds is 3. The van der Waals surface area contributed by atoms with Crippen molar-refractivity contribution in [3.8, 4) is 5.75 Å². The van der Waals surface area contributed by atoms with Crippen LogP contribution in [-0.4, -0.2) is 22.6 Å².